The second-order valence-corrected chi connectivity index (χ2v) is 4.89. The van der Waals surface area contributed by atoms with Crippen molar-refractivity contribution in [1.82, 2.24) is 5.32 Å². The van der Waals surface area contributed by atoms with Crippen molar-refractivity contribution >= 4 is 0 Å². The van der Waals surface area contributed by atoms with Gasteiger partial charge in [0.1, 0.15) is 5.75 Å². The molecule has 0 fully saturated rings. The molecule has 0 bridgehead atoms. The fourth-order valence-corrected chi connectivity index (χ4v) is 2.12. The average Bonchev–Trinajstić information content (AvgIpc) is 2.45. The largest absolute Gasteiger partial charge is 0.496 e. The highest BCUT2D eigenvalue weighted by molar-refractivity contribution is 5.73. The van der Waals surface area contributed by atoms with E-state index in [0.29, 0.717) is 6.04 Å². The van der Waals surface area contributed by atoms with E-state index in [0.717, 1.165) is 17.9 Å². The molecule has 0 radical (unpaired) electrons. The molecule has 0 heterocycles. The molecule has 2 heteroatoms. The molecule has 19 heavy (non-hydrogen) atoms. The van der Waals surface area contributed by atoms with Gasteiger partial charge in [0, 0.05) is 18.2 Å². The normalized spacial score (nSPS) is 10.7. The number of ether oxygens (including phenoxy) is 1. The van der Waals surface area contributed by atoms with E-state index in [4.69, 9.17) is 4.74 Å². The molecule has 0 aliphatic carbocycles. The lowest BCUT2D eigenvalue weighted by molar-refractivity contribution is 0.416. The topological polar surface area (TPSA) is 21.3 Å². The third kappa shape index (κ3) is 3.36. The molecule has 0 aliphatic heterocycles. The first kappa shape index (κ1) is 13.6. The van der Waals surface area contributed by atoms with Crippen LogP contribution in [-0.2, 0) is 6.54 Å². The second kappa shape index (κ2) is 6.39. The molecule has 2 aromatic rings. The van der Waals surface area contributed by atoms with Crippen molar-refractivity contribution in [3.05, 3.63) is 54.1 Å². The highest BCUT2D eigenvalue weighted by Gasteiger charge is 2.09. The van der Waals surface area contributed by atoms with Crippen LogP contribution in [0.1, 0.15) is 19.4 Å². The van der Waals surface area contributed by atoms with E-state index in [-0.39, 0.29) is 0 Å². The van der Waals surface area contributed by atoms with Gasteiger partial charge in [-0.3, -0.25) is 0 Å². The quantitative estimate of drug-likeness (QED) is 0.876. The molecular formula is C17H21NO. The summed E-state index contributed by atoms with van der Waals surface area (Å²) in [6.07, 6.45) is 0. The highest BCUT2D eigenvalue weighted by Crippen LogP contribution is 2.31. The highest BCUT2D eigenvalue weighted by atomic mass is 16.5. The molecule has 0 amide bonds. The van der Waals surface area contributed by atoms with Crippen molar-refractivity contribution in [1.29, 1.82) is 0 Å². The predicted octanol–water partition coefficient (Wildman–Crippen LogP) is 3.86. The molecule has 0 unspecified atom stereocenters. The van der Waals surface area contributed by atoms with Gasteiger partial charge in [-0.2, -0.15) is 0 Å². The van der Waals surface area contributed by atoms with Gasteiger partial charge in [-0.15, -0.1) is 0 Å². The molecule has 2 rings (SSSR count). The fourth-order valence-electron chi connectivity index (χ4n) is 2.12. The van der Waals surface area contributed by atoms with Gasteiger partial charge in [0.2, 0.25) is 0 Å². The van der Waals surface area contributed by atoms with Gasteiger partial charge in [-0.1, -0.05) is 56.3 Å². The van der Waals surface area contributed by atoms with Crippen LogP contribution in [0, 0.1) is 0 Å². The van der Waals surface area contributed by atoms with Crippen molar-refractivity contribution < 1.29 is 4.74 Å². The SMILES string of the molecule is COc1ccccc1-c1ccccc1CNC(C)C. The van der Waals surface area contributed by atoms with Crippen LogP contribution in [0.5, 0.6) is 5.75 Å². The first-order valence-electron chi connectivity index (χ1n) is 6.67. The van der Waals surface area contributed by atoms with Crippen LogP contribution in [0.4, 0.5) is 0 Å². The van der Waals surface area contributed by atoms with Crippen LogP contribution in [0.3, 0.4) is 0 Å². The Morgan fingerprint density at radius 1 is 0.947 bits per heavy atom. The fraction of sp³-hybridized carbons (Fsp3) is 0.294. The van der Waals surface area contributed by atoms with E-state index in [9.17, 15) is 0 Å². The summed E-state index contributed by atoms with van der Waals surface area (Å²) in [7, 11) is 1.72. The molecule has 2 nitrogen and oxygen atoms in total. The summed E-state index contributed by atoms with van der Waals surface area (Å²) >= 11 is 0. The number of rotatable bonds is 5. The molecular weight excluding hydrogens is 234 g/mol. The average molecular weight is 255 g/mol. The molecule has 0 aliphatic rings. The van der Waals surface area contributed by atoms with E-state index >= 15 is 0 Å². The third-order valence-electron chi connectivity index (χ3n) is 3.12. The predicted molar refractivity (Wildman–Crippen MR) is 80.4 cm³/mol. The Kier molecular flexibility index (Phi) is 4.58. The molecule has 0 spiro atoms. The Hall–Kier alpha value is -1.80. The van der Waals surface area contributed by atoms with Crippen LogP contribution < -0.4 is 10.1 Å². The van der Waals surface area contributed by atoms with Gasteiger partial charge in [0.05, 0.1) is 7.11 Å². The minimum atomic E-state index is 0.478. The lowest BCUT2D eigenvalue weighted by atomic mass is 9.98. The Morgan fingerprint density at radius 2 is 1.58 bits per heavy atom. The third-order valence-corrected chi connectivity index (χ3v) is 3.12. The smallest absolute Gasteiger partial charge is 0.126 e. The summed E-state index contributed by atoms with van der Waals surface area (Å²) in [6.45, 7) is 5.18. The van der Waals surface area contributed by atoms with Crippen molar-refractivity contribution in [2.75, 3.05) is 7.11 Å². The van der Waals surface area contributed by atoms with Crippen LogP contribution >= 0.6 is 0 Å². The van der Waals surface area contributed by atoms with Gasteiger partial charge in [-0.25, -0.2) is 0 Å². The van der Waals surface area contributed by atoms with Gasteiger partial charge in [-0.05, 0) is 17.2 Å². The number of benzene rings is 2. The first-order chi connectivity index (χ1) is 9.22. The zero-order chi connectivity index (χ0) is 13.7. The van der Waals surface area contributed by atoms with E-state index in [2.05, 4.69) is 49.5 Å². The Balaban J connectivity index is 2.38. The Labute approximate surface area is 115 Å². The zero-order valence-corrected chi connectivity index (χ0v) is 11.8. The minimum Gasteiger partial charge on any atom is -0.496 e. The maximum atomic E-state index is 5.46. The molecule has 0 atom stereocenters. The van der Waals surface area contributed by atoms with Crippen LogP contribution in [0.2, 0.25) is 0 Å². The maximum absolute atomic E-state index is 5.46. The number of hydrogen-bond acceptors (Lipinski definition) is 2. The zero-order valence-electron chi connectivity index (χ0n) is 11.8. The molecule has 1 N–H and O–H groups in total. The van der Waals surface area contributed by atoms with Crippen LogP contribution in [0.15, 0.2) is 48.5 Å². The van der Waals surface area contributed by atoms with Crippen molar-refractivity contribution in [2.45, 2.75) is 26.4 Å². The monoisotopic (exact) mass is 255 g/mol. The number of para-hydroxylation sites is 1. The lowest BCUT2D eigenvalue weighted by Crippen LogP contribution is -2.22. The van der Waals surface area contributed by atoms with Gasteiger partial charge < -0.3 is 10.1 Å². The van der Waals surface area contributed by atoms with Crippen molar-refractivity contribution in [2.24, 2.45) is 0 Å². The van der Waals surface area contributed by atoms with Crippen molar-refractivity contribution in [3.8, 4) is 16.9 Å². The molecule has 100 valence electrons. The standard InChI is InChI=1S/C17H21NO/c1-13(2)18-12-14-8-4-5-9-15(14)16-10-6-7-11-17(16)19-3/h4-11,13,18H,12H2,1-3H3. The first-order valence-corrected chi connectivity index (χ1v) is 6.67. The van der Waals surface area contributed by atoms with Crippen LogP contribution in [0.25, 0.3) is 11.1 Å². The maximum Gasteiger partial charge on any atom is 0.126 e. The van der Waals surface area contributed by atoms with Crippen LogP contribution in [-0.4, -0.2) is 13.2 Å². The van der Waals surface area contributed by atoms with Gasteiger partial charge in [0.25, 0.3) is 0 Å². The van der Waals surface area contributed by atoms with E-state index in [1.165, 1.54) is 11.1 Å². The van der Waals surface area contributed by atoms with E-state index in [1.54, 1.807) is 7.11 Å². The van der Waals surface area contributed by atoms with E-state index < -0.39 is 0 Å². The molecule has 0 saturated heterocycles. The Morgan fingerprint density at radius 3 is 2.26 bits per heavy atom. The lowest BCUT2D eigenvalue weighted by Gasteiger charge is -2.14. The molecule has 2 aromatic carbocycles. The van der Waals surface area contributed by atoms with E-state index in [1.807, 2.05) is 18.2 Å². The van der Waals surface area contributed by atoms with Gasteiger partial charge >= 0.3 is 0 Å². The summed E-state index contributed by atoms with van der Waals surface area (Å²) in [5.41, 5.74) is 3.67. The molecule has 0 saturated carbocycles. The summed E-state index contributed by atoms with van der Waals surface area (Å²) in [6, 6.07) is 17.1. The van der Waals surface area contributed by atoms with Crippen molar-refractivity contribution in [3.63, 3.8) is 0 Å². The minimum absolute atomic E-state index is 0.478. The summed E-state index contributed by atoms with van der Waals surface area (Å²) < 4.78 is 5.46. The van der Waals surface area contributed by atoms with Gasteiger partial charge in [0.15, 0.2) is 0 Å². The number of hydrogen-bond donors (Lipinski definition) is 1. The second-order valence-electron chi connectivity index (χ2n) is 4.89. The summed E-state index contributed by atoms with van der Waals surface area (Å²) in [4.78, 5) is 0. The number of nitrogens with one attached hydrogen (secondary N) is 1. The molecule has 0 aromatic heterocycles. The summed E-state index contributed by atoms with van der Waals surface area (Å²) in [5, 5.41) is 3.47. The number of methoxy groups -OCH3 is 1. The Bertz CT molecular complexity index is 534. The summed E-state index contributed by atoms with van der Waals surface area (Å²) in [5.74, 6) is 0.916.